The molecule has 6 rings (SSSR count). The van der Waals surface area contributed by atoms with E-state index in [0.717, 1.165) is 49.5 Å². The number of hydrogen-bond donors (Lipinski definition) is 1. The fraction of sp³-hybridized carbons (Fsp3) is 0.500. The predicted molar refractivity (Wildman–Crippen MR) is 143 cm³/mol. The van der Waals surface area contributed by atoms with Gasteiger partial charge in [0.1, 0.15) is 22.9 Å². The van der Waals surface area contributed by atoms with E-state index < -0.39 is 5.91 Å². The Hall–Kier alpha value is -3.35. The van der Waals surface area contributed by atoms with E-state index in [1.807, 2.05) is 6.92 Å². The number of pyridine rings is 1. The average molecular weight is 501 g/mol. The highest BCUT2D eigenvalue weighted by Gasteiger charge is 2.47. The molecule has 2 aromatic heterocycles. The first-order chi connectivity index (χ1) is 18.0. The molecule has 1 amide bonds. The number of benzene rings is 1. The maximum Gasteiger partial charge on any atom is 0.267 e. The van der Waals surface area contributed by atoms with Crippen molar-refractivity contribution in [2.45, 2.75) is 64.7 Å². The lowest BCUT2D eigenvalue weighted by atomic mass is 9.56. The predicted octanol–water partition coefficient (Wildman–Crippen LogP) is 5.66. The minimum Gasteiger partial charge on any atom is -0.492 e. The number of rotatable bonds is 8. The quantitative estimate of drug-likeness (QED) is 0.429. The van der Waals surface area contributed by atoms with Crippen LogP contribution < -0.4 is 15.4 Å². The lowest BCUT2D eigenvalue weighted by molar-refractivity contribution is 0.0281. The number of nitrogens with two attached hydrogens (primary N) is 1. The lowest BCUT2D eigenvalue weighted by Crippen LogP contribution is -2.47. The number of carbonyl (C=O) groups is 1. The van der Waals surface area contributed by atoms with Crippen molar-refractivity contribution in [1.82, 2.24) is 10.1 Å². The maximum absolute atomic E-state index is 11.6. The number of primary amides is 1. The zero-order valence-corrected chi connectivity index (χ0v) is 21.8. The molecule has 2 saturated carbocycles. The Bertz CT molecular complexity index is 1300. The van der Waals surface area contributed by atoms with E-state index in [1.165, 1.54) is 42.4 Å². The van der Waals surface area contributed by atoms with Crippen LogP contribution in [0.3, 0.4) is 0 Å². The van der Waals surface area contributed by atoms with Crippen LogP contribution in [0.25, 0.3) is 11.3 Å². The van der Waals surface area contributed by atoms with Gasteiger partial charge in [0.05, 0.1) is 18.5 Å². The van der Waals surface area contributed by atoms with Gasteiger partial charge in [0.15, 0.2) is 0 Å². The second-order valence-electron chi connectivity index (χ2n) is 11.3. The van der Waals surface area contributed by atoms with Crippen molar-refractivity contribution in [2.75, 3.05) is 24.6 Å². The molecule has 3 heterocycles. The molecule has 194 valence electrons. The minimum atomic E-state index is -0.533. The molecule has 0 unspecified atom stereocenters. The minimum absolute atomic E-state index is 0.242. The summed E-state index contributed by atoms with van der Waals surface area (Å²) < 4.78 is 11.8. The molecule has 37 heavy (non-hydrogen) atoms. The highest BCUT2D eigenvalue weighted by atomic mass is 16.5. The Labute approximate surface area is 218 Å². The number of ether oxygens (including phenoxy) is 1. The Morgan fingerprint density at radius 2 is 1.97 bits per heavy atom. The van der Waals surface area contributed by atoms with Gasteiger partial charge in [-0.25, -0.2) is 4.98 Å². The number of piperidine rings is 1. The van der Waals surface area contributed by atoms with Crippen LogP contribution in [0, 0.1) is 18.3 Å². The van der Waals surface area contributed by atoms with Gasteiger partial charge >= 0.3 is 0 Å². The summed E-state index contributed by atoms with van der Waals surface area (Å²) in [6.07, 6.45) is 10.1. The largest absolute Gasteiger partial charge is 0.492 e. The highest BCUT2D eigenvalue weighted by Crippen LogP contribution is 2.55. The summed E-state index contributed by atoms with van der Waals surface area (Å²) in [7, 11) is 0. The molecule has 2 aliphatic carbocycles. The second-order valence-corrected chi connectivity index (χ2v) is 11.3. The summed E-state index contributed by atoms with van der Waals surface area (Å²) in [5, 5.41) is 4.58. The summed E-state index contributed by atoms with van der Waals surface area (Å²) >= 11 is 0. The third kappa shape index (κ3) is 4.60. The molecule has 7 nitrogen and oxygen atoms in total. The van der Waals surface area contributed by atoms with E-state index >= 15 is 0 Å². The van der Waals surface area contributed by atoms with Gasteiger partial charge in [-0.2, -0.15) is 0 Å². The fourth-order valence-corrected chi connectivity index (χ4v) is 6.54. The Morgan fingerprint density at radius 1 is 1.22 bits per heavy atom. The number of amides is 1. The number of anilines is 1. The third-order valence-electron chi connectivity index (χ3n) is 8.67. The Kier molecular flexibility index (Phi) is 6.17. The monoisotopic (exact) mass is 500 g/mol. The van der Waals surface area contributed by atoms with Crippen molar-refractivity contribution in [3.8, 4) is 17.0 Å². The van der Waals surface area contributed by atoms with E-state index in [1.54, 1.807) is 12.3 Å². The van der Waals surface area contributed by atoms with Gasteiger partial charge in [0.25, 0.3) is 5.91 Å². The molecule has 1 aromatic carbocycles. The van der Waals surface area contributed by atoms with Crippen LogP contribution >= 0.6 is 0 Å². The third-order valence-corrected chi connectivity index (χ3v) is 8.67. The molecule has 3 aromatic rings. The van der Waals surface area contributed by atoms with Crippen molar-refractivity contribution in [3.63, 3.8) is 0 Å². The van der Waals surface area contributed by atoms with Crippen LogP contribution in [0.15, 0.2) is 41.1 Å². The summed E-state index contributed by atoms with van der Waals surface area (Å²) in [5.74, 6) is 2.55. The first kappa shape index (κ1) is 24.0. The number of carbonyl (C=O) groups excluding carboxylic acids is 1. The van der Waals surface area contributed by atoms with Crippen molar-refractivity contribution in [1.29, 1.82) is 0 Å². The smallest absolute Gasteiger partial charge is 0.267 e. The molecule has 7 heteroatoms. The van der Waals surface area contributed by atoms with Crippen molar-refractivity contribution < 1.29 is 14.1 Å². The molecule has 2 N–H and O–H groups in total. The van der Waals surface area contributed by atoms with E-state index in [0.29, 0.717) is 29.6 Å². The summed E-state index contributed by atoms with van der Waals surface area (Å²) in [6.45, 7) is 6.58. The first-order valence-corrected chi connectivity index (χ1v) is 13.7. The van der Waals surface area contributed by atoms with Crippen LogP contribution in [0.2, 0.25) is 0 Å². The van der Waals surface area contributed by atoms with Crippen LogP contribution in [0.1, 0.15) is 78.7 Å². The van der Waals surface area contributed by atoms with Crippen LogP contribution in [-0.4, -0.2) is 35.7 Å². The van der Waals surface area contributed by atoms with Crippen LogP contribution in [0.5, 0.6) is 5.75 Å². The van der Waals surface area contributed by atoms with E-state index in [2.05, 4.69) is 46.2 Å². The van der Waals surface area contributed by atoms with Gasteiger partial charge in [0, 0.05) is 36.2 Å². The summed E-state index contributed by atoms with van der Waals surface area (Å²) in [6, 6.07) is 10.2. The van der Waals surface area contributed by atoms with Gasteiger partial charge in [-0.3, -0.25) is 4.79 Å². The van der Waals surface area contributed by atoms with E-state index in [9.17, 15) is 4.79 Å². The van der Waals surface area contributed by atoms with Crippen molar-refractivity contribution >= 4 is 11.6 Å². The van der Waals surface area contributed by atoms with Gasteiger partial charge in [-0.05, 0) is 75.7 Å². The molecule has 0 bridgehead atoms. The Balaban J connectivity index is 1.13. The lowest BCUT2D eigenvalue weighted by Gasteiger charge is -2.53. The molecule has 1 spiro atoms. The molecule has 1 aliphatic heterocycles. The molecular formula is C30H36N4O3. The molecule has 3 aliphatic rings. The van der Waals surface area contributed by atoms with Gasteiger partial charge in [0.2, 0.25) is 0 Å². The molecule has 0 atom stereocenters. The topological polar surface area (TPSA) is 94.5 Å². The highest BCUT2D eigenvalue weighted by molar-refractivity contribution is 5.91. The van der Waals surface area contributed by atoms with E-state index in [-0.39, 0.29) is 5.69 Å². The summed E-state index contributed by atoms with van der Waals surface area (Å²) in [5.41, 5.74) is 11.9. The zero-order chi connectivity index (χ0) is 25.6. The Morgan fingerprint density at radius 3 is 2.65 bits per heavy atom. The number of aromatic nitrogens is 2. The molecule has 1 saturated heterocycles. The SMILES string of the molecule is CCOc1cc(C(N)=O)ncc1N1CCC2(CC1)CC(Cc1c(-c3ccccc3C)noc1C1CC1)C2. The van der Waals surface area contributed by atoms with Crippen molar-refractivity contribution in [3.05, 3.63) is 59.1 Å². The second kappa shape index (κ2) is 9.51. The normalized spacial score (nSPS) is 19.1. The number of aryl methyl sites for hydroxylation is 1. The standard InChI is InChI=1S/C30H36N4O3/c1-3-36-26-15-24(29(31)35)32-18-25(26)34-12-10-30(11-13-34)16-20(17-30)14-23-27(22-7-5-4-6-19(22)2)33-37-28(23)21-8-9-21/h4-7,15,18,20-21H,3,8-14,16-17H2,1-2H3,(H2,31,35). The molecule has 3 fully saturated rings. The van der Waals surface area contributed by atoms with Crippen molar-refractivity contribution in [2.24, 2.45) is 17.1 Å². The summed E-state index contributed by atoms with van der Waals surface area (Å²) in [4.78, 5) is 18.2. The van der Waals surface area contributed by atoms with Crippen LogP contribution in [-0.2, 0) is 6.42 Å². The van der Waals surface area contributed by atoms with Gasteiger partial charge < -0.3 is 19.9 Å². The molecule has 0 radical (unpaired) electrons. The zero-order valence-electron chi connectivity index (χ0n) is 21.8. The average Bonchev–Trinajstić information content (AvgIpc) is 3.64. The van der Waals surface area contributed by atoms with E-state index in [4.69, 9.17) is 15.0 Å². The van der Waals surface area contributed by atoms with Crippen LogP contribution in [0.4, 0.5) is 5.69 Å². The fourth-order valence-electron chi connectivity index (χ4n) is 6.54. The number of nitrogens with zero attached hydrogens (tertiary/aromatic N) is 3. The molecular weight excluding hydrogens is 464 g/mol. The number of hydrogen-bond acceptors (Lipinski definition) is 6. The van der Waals surface area contributed by atoms with Gasteiger partial charge in [-0.1, -0.05) is 29.4 Å². The first-order valence-electron chi connectivity index (χ1n) is 13.7. The maximum atomic E-state index is 11.6. The van der Waals surface area contributed by atoms with Gasteiger partial charge in [-0.15, -0.1) is 0 Å².